The molecule has 0 fully saturated rings. The number of carbonyl (C=O) groups excluding carboxylic acids is 1. The van der Waals surface area contributed by atoms with E-state index in [1.165, 1.54) is 27.8 Å². The fraction of sp³-hybridized carbons (Fsp3) is 0.300. The van der Waals surface area contributed by atoms with Gasteiger partial charge in [-0.05, 0) is 83.7 Å². The molecule has 0 unspecified atom stereocenters. The molecule has 0 spiro atoms. The number of nitrogens with zero attached hydrogens (tertiary/aromatic N) is 4. The predicted octanol–water partition coefficient (Wildman–Crippen LogP) is 5.19. The summed E-state index contributed by atoms with van der Waals surface area (Å²) in [5.74, 6) is 0.653. The molecule has 0 atom stereocenters. The van der Waals surface area contributed by atoms with Gasteiger partial charge in [-0.3, -0.25) is 9.48 Å². The number of amides is 1. The highest BCUT2D eigenvalue weighted by atomic mass is 16.5. The third kappa shape index (κ3) is 4.29. The van der Waals surface area contributed by atoms with Crippen LogP contribution in [0.5, 0.6) is 0 Å². The maximum Gasteiger partial charge on any atom is 0.269 e. The number of anilines is 2. The second-order valence-electron chi connectivity index (χ2n) is 9.85. The molecular weight excluding hydrogens is 462 g/mol. The number of fused-ring (bicyclic) bond motifs is 2. The second-order valence-corrected chi connectivity index (χ2v) is 9.85. The van der Waals surface area contributed by atoms with Gasteiger partial charge in [0.15, 0.2) is 0 Å². The minimum Gasteiger partial charge on any atom is -0.377 e. The number of ether oxygens (including phenoxy) is 1. The number of benzene rings is 2. The normalized spacial score (nSPS) is 15.4. The van der Waals surface area contributed by atoms with Crippen molar-refractivity contribution in [3.8, 4) is 11.1 Å². The van der Waals surface area contributed by atoms with Gasteiger partial charge in [0.05, 0.1) is 19.4 Å². The quantitative estimate of drug-likeness (QED) is 0.424. The molecule has 4 aromatic rings. The lowest BCUT2D eigenvalue weighted by Crippen LogP contribution is -2.27. The molecule has 0 aliphatic carbocycles. The molecule has 188 valence electrons. The van der Waals surface area contributed by atoms with Crippen molar-refractivity contribution in [2.24, 2.45) is 7.05 Å². The summed E-state index contributed by atoms with van der Waals surface area (Å²) in [6.45, 7) is 4.38. The number of hydrogen-bond donors (Lipinski definition) is 1. The summed E-state index contributed by atoms with van der Waals surface area (Å²) in [5, 5.41) is 9.18. The van der Waals surface area contributed by atoms with Crippen LogP contribution in [0.25, 0.3) is 27.5 Å². The van der Waals surface area contributed by atoms with Gasteiger partial charge >= 0.3 is 0 Å². The molecule has 4 heterocycles. The molecule has 6 rings (SSSR count). The van der Waals surface area contributed by atoms with Gasteiger partial charge in [0.25, 0.3) is 5.91 Å². The highest BCUT2D eigenvalue weighted by Gasteiger charge is 2.25. The van der Waals surface area contributed by atoms with E-state index >= 15 is 0 Å². The molecule has 0 saturated carbocycles. The van der Waals surface area contributed by atoms with E-state index in [2.05, 4.69) is 64.8 Å². The van der Waals surface area contributed by atoms with Crippen LogP contribution in [-0.2, 0) is 18.2 Å². The van der Waals surface area contributed by atoms with E-state index in [1.807, 2.05) is 24.0 Å². The number of pyridine rings is 1. The molecule has 0 bridgehead atoms. The lowest BCUT2D eigenvalue weighted by Gasteiger charge is -2.32. The van der Waals surface area contributed by atoms with E-state index in [0.29, 0.717) is 12.3 Å². The first kappa shape index (κ1) is 23.4. The molecular formula is C30H31N5O2. The van der Waals surface area contributed by atoms with Crippen LogP contribution in [0.4, 0.5) is 11.5 Å². The molecule has 7 heteroatoms. The number of hydrogen-bond acceptors (Lipinski definition) is 5. The number of nitrogens with one attached hydrogen (secondary N) is 1. The van der Waals surface area contributed by atoms with Gasteiger partial charge in [0, 0.05) is 43.5 Å². The first-order chi connectivity index (χ1) is 18.0. The zero-order valence-electron chi connectivity index (χ0n) is 21.5. The number of aryl methyl sites for hydroxylation is 3. The molecule has 0 saturated heterocycles. The summed E-state index contributed by atoms with van der Waals surface area (Å²) < 4.78 is 7.37. The van der Waals surface area contributed by atoms with E-state index in [9.17, 15) is 4.79 Å². The van der Waals surface area contributed by atoms with Crippen molar-refractivity contribution >= 4 is 33.8 Å². The second kappa shape index (κ2) is 9.48. The summed E-state index contributed by atoms with van der Waals surface area (Å²) in [7, 11) is 3.59. The van der Waals surface area contributed by atoms with Crippen molar-refractivity contribution < 1.29 is 9.53 Å². The van der Waals surface area contributed by atoms with E-state index in [0.717, 1.165) is 60.3 Å². The van der Waals surface area contributed by atoms with Crippen LogP contribution in [0.2, 0.25) is 0 Å². The summed E-state index contributed by atoms with van der Waals surface area (Å²) in [6.07, 6.45) is 9.06. The van der Waals surface area contributed by atoms with Crippen molar-refractivity contribution in [1.29, 1.82) is 0 Å². The van der Waals surface area contributed by atoms with Gasteiger partial charge in [-0.25, -0.2) is 4.98 Å². The summed E-state index contributed by atoms with van der Waals surface area (Å²) >= 11 is 0. The van der Waals surface area contributed by atoms with Crippen molar-refractivity contribution in [3.63, 3.8) is 0 Å². The molecule has 37 heavy (non-hydrogen) atoms. The van der Waals surface area contributed by atoms with Crippen LogP contribution < -0.4 is 10.2 Å². The largest absolute Gasteiger partial charge is 0.377 e. The minimum atomic E-state index is -0.181. The molecule has 1 amide bonds. The van der Waals surface area contributed by atoms with Crippen LogP contribution in [0.15, 0.2) is 54.9 Å². The van der Waals surface area contributed by atoms with Gasteiger partial charge in [-0.1, -0.05) is 18.2 Å². The molecule has 2 aromatic carbocycles. The Morgan fingerprint density at radius 1 is 1.11 bits per heavy atom. The average molecular weight is 494 g/mol. The minimum absolute atomic E-state index is 0.181. The topological polar surface area (TPSA) is 72.3 Å². The van der Waals surface area contributed by atoms with Crippen molar-refractivity contribution in [1.82, 2.24) is 20.1 Å². The maximum atomic E-state index is 12.7. The molecule has 1 N–H and O–H groups in total. The van der Waals surface area contributed by atoms with Crippen molar-refractivity contribution in [3.05, 3.63) is 77.3 Å². The standard InChI is InChI=1S/C30H31N5O2/c1-19-13-28-23(15-25(19)24-17-32-34(3)18-24)5-4-10-35(28)29-26-14-21(20-8-11-37-12-9-20)6-7-22(26)16-27(33-29)30(36)31-2/h6-8,13-18H,4-5,9-12H2,1-3H3,(H,31,36). The predicted molar refractivity (Wildman–Crippen MR) is 147 cm³/mol. The fourth-order valence-corrected chi connectivity index (χ4v) is 5.50. The monoisotopic (exact) mass is 493 g/mol. The smallest absolute Gasteiger partial charge is 0.269 e. The summed E-state index contributed by atoms with van der Waals surface area (Å²) in [5.41, 5.74) is 8.89. The Balaban J connectivity index is 1.52. The Morgan fingerprint density at radius 2 is 2.00 bits per heavy atom. The first-order valence-electron chi connectivity index (χ1n) is 12.9. The first-order valence-corrected chi connectivity index (χ1v) is 12.9. The van der Waals surface area contributed by atoms with Crippen LogP contribution in [0.1, 0.15) is 40.0 Å². The van der Waals surface area contributed by atoms with E-state index in [4.69, 9.17) is 9.72 Å². The summed E-state index contributed by atoms with van der Waals surface area (Å²) in [6, 6.07) is 12.9. The Bertz CT molecular complexity index is 1550. The van der Waals surface area contributed by atoms with Gasteiger partial charge < -0.3 is 15.0 Å². The highest BCUT2D eigenvalue weighted by Crippen LogP contribution is 2.40. The Labute approximate surface area is 216 Å². The van der Waals surface area contributed by atoms with E-state index < -0.39 is 0 Å². The fourth-order valence-electron chi connectivity index (χ4n) is 5.50. The van der Waals surface area contributed by atoms with Crippen molar-refractivity contribution in [2.45, 2.75) is 26.2 Å². The van der Waals surface area contributed by atoms with Gasteiger partial charge in [0.2, 0.25) is 0 Å². The van der Waals surface area contributed by atoms with Crippen molar-refractivity contribution in [2.75, 3.05) is 31.7 Å². The Kier molecular flexibility index (Phi) is 6.00. The lowest BCUT2D eigenvalue weighted by molar-refractivity contribution is 0.0958. The molecule has 2 aromatic heterocycles. The molecule has 7 nitrogen and oxygen atoms in total. The van der Waals surface area contributed by atoms with Crippen LogP contribution in [0, 0.1) is 6.92 Å². The zero-order chi connectivity index (χ0) is 25.5. The molecule has 2 aliphatic rings. The third-order valence-electron chi connectivity index (χ3n) is 7.42. The molecule has 0 radical (unpaired) electrons. The highest BCUT2D eigenvalue weighted by molar-refractivity contribution is 6.02. The average Bonchev–Trinajstić information content (AvgIpc) is 3.37. The Hall–Kier alpha value is -3.97. The van der Waals surface area contributed by atoms with Gasteiger partial charge in [-0.15, -0.1) is 0 Å². The lowest BCUT2D eigenvalue weighted by atomic mass is 9.93. The van der Waals surface area contributed by atoms with Gasteiger partial charge in [0.1, 0.15) is 11.5 Å². The van der Waals surface area contributed by atoms with E-state index in [1.54, 1.807) is 7.05 Å². The van der Waals surface area contributed by atoms with E-state index in [-0.39, 0.29) is 5.91 Å². The zero-order valence-corrected chi connectivity index (χ0v) is 21.5. The SMILES string of the molecule is CNC(=O)c1cc2ccc(C3=CCOCC3)cc2c(N2CCCc3cc(-c4cnn(C)c4)c(C)cc32)n1. The molecule has 2 aliphatic heterocycles. The summed E-state index contributed by atoms with van der Waals surface area (Å²) in [4.78, 5) is 19.9. The number of aromatic nitrogens is 3. The van der Waals surface area contributed by atoms with Crippen LogP contribution in [0.3, 0.4) is 0 Å². The van der Waals surface area contributed by atoms with Crippen LogP contribution in [-0.4, -0.2) is 47.5 Å². The third-order valence-corrected chi connectivity index (χ3v) is 7.42. The number of rotatable bonds is 4. The number of carbonyl (C=O) groups is 1. The van der Waals surface area contributed by atoms with Crippen LogP contribution >= 0.6 is 0 Å². The van der Waals surface area contributed by atoms with Gasteiger partial charge in [-0.2, -0.15) is 5.10 Å². The Morgan fingerprint density at radius 3 is 2.76 bits per heavy atom. The maximum absolute atomic E-state index is 12.7.